The Morgan fingerprint density at radius 3 is 2.48 bits per heavy atom. The summed E-state index contributed by atoms with van der Waals surface area (Å²) in [5.74, 6) is 0.857. The van der Waals surface area contributed by atoms with Gasteiger partial charge in [-0.15, -0.1) is 0 Å². The van der Waals surface area contributed by atoms with E-state index in [9.17, 15) is 9.59 Å². The van der Waals surface area contributed by atoms with E-state index in [0.717, 1.165) is 15.6 Å². The second kappa shape index (κ2) is 9.13. The Hall–Kier alpha value is -2.80. The van der Waals surface area contributed by atoms with Crippen molar-refractivity contribution in [2.75, 3.05) is 13.2 Å². The predicted molar refractivity (Wildman–Crippen MR) is 115 cm³/mol. The van der Waals surface area contributed by atoms with Gasteiger partial charge in [-0.05, 0) is 54.4 Å². The summed E-state index contributed by atoms with van der Waals surface area (Å²) in [6, 6.07) is 10.9. The Bertz CT molecular complexity index is 971. The van der Waals surface area contributed by atoms with E-state index in [2.05, 4.69) is 21.2 Å². The molecular weight excluding hydrogens is 436 g/mol. The highest BCUT2D eigenvalue weighted by Gasteiger charge is 2.33. The molecule has 2 aromatic rings. The molecule has 1 N–H and O–H groups in total. The van der Waals surface area contributed by atoms with E-state index in [-0.39, 0.29) is 18.1 Å². The van der Waals surface area contributed by atoms with Gasteiger partial charge in [-0.2, -0.15) is 0 Å². The summed E-state index contributed by atoms with van der Waals surface area (Å²) in [4.78, 5) is 26.4. The molecule has 0 spiro atoms. The first-order valence-corrected chi connectivity index (χ1v) is 10.2. The minimum absolute atomic E-state index is 0.208. The molecule has 1 aliphatic rings. The number of benzene rings is 2. The molecule has 7 heteroatoms. The average molecular weight is 459 g/mol. The third-order valence-electron chi connectivity index (χ3n) is 4.35. The third kappa shape index (κ3) is 4.79. The summed E-state index contributed by atoms with van der Waals surface area (Å²) in [5.41, 5.74) is 2.85. The topological polar surface area (TPSA) is 67.9 Å². The number of amides is 3. The zero-order valence-corrected chi connectivity index (χ0v) is 18.2. The fraction of sp³-hybridized carbons (Fsp3) is 0.273. The van der Waals surface area contributed by atoms with Crippen molar-refractivity contribution < 1.29 is 19.1 Å². The molecule has 0 atom stereocenters. The quantitative estimate of drug-likeness (QED) is 0.484. The van der Waals surface area contributed by atoms with Crippen LogP contribution in [-0.2, 0) is 11.3 Å². The fourth-order valence-electron chi connectivity index (χ4n) is 3.07. The van der Waals surface area contributed by atoms with E-state index in [1.165, 1.54) is 4.90 Å². The van der Waals surface area contributed by atoms with Crippen LogP contribution in [-0.4, -0.2) is 30.1 Å². The molecule has 0 saturated carbocycles. The molecule has 0 unspecified atom stereocenters. The number of carbonyl (C=O) groups excluding carboxylic acids is 2. The van der Waals surface area contributed by atoms with Crippen LogP contribution >= 0.6 is 15.9 Å². The summed E-state index contributed by atoms with van der Waals surface area (Å²) in [7, 11) is 0. The number of nitrogens with zero attached hydrogens (tertiary/aromatic N) is 1. The molecule has 1 saturated heterocycles. The molecule has 1 heterocycles. The summed E-state index contributed by atoms with van der Waals surface area (Å²) in [6.45, 7) is 6.95. The minimum Gasteiger partial charge on any atom is -0.493 e. The van der Waals surface area contributed by atoms with Crippen molar-refractivity contribution in [2.24, 2.45) is 0 Å². The molecule has 152 valence electrons. The largest absolute Gasteiger partial charge is 0.493 e. The number of rotatable bonds is 7. The minimum atomic E-state index is -0.439. The second-order valence-corrected chi connectivity index (χ2v) is 7.41. The Kier molecular flexibility index (Phi) is 6.59. The van der Waals surface area contributed by atoms with Gasteiger partial charge in [-0.25, -0.2) is 4.79 Å². The van der Waals surface area contributed by atoms with Gasteiger partial charge in [0.2, 0.25) is 0 Å². The van der Waals surface area contributed by atoms with E-state index in [4.69, 9.17) is 9.47 Å². The first-order valence-electron chi connectivity index (χ1n) is 9.42. The number of urea groups is 1. The van der Waals surface area contributed by atoms with E-state index in [0.29, 0.717) is 30.3 Å². The van der Waals surface area contributed by atoms with Gasteiger partial charge in [0, 0.05) is 11.6 Å². The maximum atomic E-state index is 12.8. The van der Waals surface area contributed by atoms with Crippen LogP contribution in [0.15, 0.2) is 46.6 Å². The van der Waals surface area contributed by atoms with Gasteiger partial charge in [-0.3, -0.25) is 9.69 Å². The summed E-state index contributed by atoms with van der Waals surface area (Å²) in [5, 5.41) is 2.66. The molecular formula is C22H23BrN2O4. The van der Waals surface area contributed by atoms with E-state index in [1.807, 2.05) is 51.1 Å². The van der Waals surface area contributed by atoms with Crippen LogP contribution in [0.1, 0.15) is 30.5 Å². The molecule has 1 fully saturated rings. The summed E-state index contributed by atoms with van der Waals surface area (Å²) in [6.07, 6.45) is 1.63. The van der Waals surface area contributed by atoms with Crippen LogP contribution in [0.4, 0.5) is 4.79 Å². The number of imide groups is 1. The van der Waals surface area contributed by atoms with Gasteiger partial charge in [0.15, 0.2) is 0 Å². The predicted octanol–water partition coefficient (Wildman–Crippen LogP) is 4.65. The molecule has 0 bridgehead atoms. The highest BCUT2D eigenvalue weighted by atomic mass is 79.9. The number of hydrogen-bond donors (Lipinski definition) is 1. The van der Waals surface area contributed by atoms with E-state index >= 15 is 0 Å². The Morgan fingerprint density at radius 1 is 1.07 bits per heavy atom. The lowest BCUT2D eigenvalue weighted by molar-refractivity contribution is -0.123. The Labute approximate surface area is 178 Å². The molecule has 0 aromatic heterocycles. The normalized spacial score (nSPS) is 15.0. The maximum Gasteiger partial charge on any atom is 0.329 e. The lowest BCUT2D eigenvalue weighted by Crippen LogP contribution is -2.30. The lowest BCUT2D eigenvalue weighted by Gasteiger charge is -2.13. The SMILES string of the molecule is CCOc1cc(OCC)c(/C=C2/NC(=O)N(Cc3cccc(C)c3)C2=O)cc1Br. The number of ether oxygens (including phenoxy) is 2. The first kappa shape index (κ1) is 20.9. The molecule has 3 amide bonds. The van der Waals surface area contributed by atoms with Crippen molar-refractivity contribution >= 4 is 33.9 Å². The molecule has 1 aliphatic heterocycles. The number of halogens is 1. The van der Waals surface area contributed by atoms with Crippen molar-refractivity contribution in [3.8, 4) is 11.5 Å². The van der Waals surface area contributed by atoms with Gasteiger partial charge in [0.05, 0.1) is 24.2 Å². The van der Waals surface area contributed by atoms with Crippen LogP contribution in [0.3, 0.4) is 0 Å². The zero-order valence-electron chi connectivity index (χ0n) is 16.6. The zero-order chi connectivity index (χ0) is 21.0. The van der Waals surface area contributed by atoms with Crippen molar-refractivity contribution in [3.05, 3.63) is 63.3 Å². The lowest BCUT2D eigenvalue weighted by atomic mass is 10.1. The molecule has 2 aromatic carbocycles. The molecule has 3 rings (SSSR count). The highest BCUT2D eigenvalue weighted by Crippen LogP contribution is 2.35. The third-order valence-corrected chi connectivity index (χ3v) is 4.97. The van der Waals surface area contributed by atoms with Crippen LogP contribution in [0.25, 0.3) is 6.08 Å². The first-order chi connectivity index (χ1) is 13.9. The number of carbonyl (C=O) groups is 2. The number of aryl methyl sites for hydroxylation is 1. The summed E-state index contributed by atoms with van der Waals surface area (Å²) >= 11 is 3.48. The second-order valence-electron chi connectivity index (χ2n) is 6.55. The number of hydrogen-bond acceptors (Lipinski definition) is 4. The van der Waals surface area contributed by atoms with Crippen LogP contribution < -0.4 is 14.8 Å². The van der Waals surface area contributed by atoms with Gasteiger partial charge in [0.1, 0.15) is 17.2 Å². The fourth-order valence-corrected chi connectivity index (χ4v) is 3.55. The van der Waals surface area contributed by atoms with Gasteiger partial charge in [0.25, 0.3) is 5.91 Å². The van der Waals surface area contributed by atoms with Crippen molar-refractivity contribution in [1.82, 2.24) is 10.2 Å². The van der Waals surface area contributed by atoms with Gasteiger partial charge < -0.3 is 14.8 Å². The Balaban J connectivity index is 1.89. The van der Waals surface area contributed by atoms with Gasteiger partial charge in [-0.1, -0.05) is 29.8 Å². The smallest absolute Gasteiger partial charge is 0.329 e. The Morgan fingerprint density at radius 2 is 1.79 bits per heavy atom. The number of nitrogens with one attached hydrogen (secondary N) is 1. The highest BCUT2D eigenvalue weighted by molar-refractivity contribution is 9.10. The molecule has 29 heavy (non-hydrogen) atoms. The van der Waals surface area contributed by atoms with Crippen molar-refractivity contribution in [3.63, 3.8) is 0 Å². The van der Waals surface area contributed by atoms with Gasteiger partial charge >= 0.3 is 6.03 Å². The van der Waals surface area contributed by atoms with E-state index in [1.54, 1.807) is 12.1 Å². The molecule has 0 radical (unpaired) electrons. The van der Waals surface area contributed by atoms with E-state index < -0.39 is 6.03 Å². The van der Waals surface area contributed by atoms with Crippen LogP contribution in [0.2, 0.25) is 0 Å². The van der Waals surface area contributed by atoms with Crippen LogP contribution in [0.5, 0.6) is 11.5 Å². The molecule has 0 aliphatic carbocycles. The summed E-state index contributed by atoms with van der Waals surface area (Å²) < 4.78 is 12.0. The van der Waals surface area contributed by atoms with Crippen molar-refractivity contribution in [2.45, 2.75) is 27.3 Å². The van der Waals surface area contributed by atoms with Crippen molar-refractivity contribution in [1.29, 1.82) is 0 Å². The van der Waals surface area contributed by atoms with Crippen LogP contribution in [0, 0.1) is 6.92 Å². The molecule has 6 nitrogen and oxygen atoms in total. The maximum absolute atomic E-state index is 12.8. The monoisotopic (exact) mass is 458 g/mol. The standard InChI is InChI=1S/C22H23BrN2O4/c1-4-28-19-12-20(29-5-2)17(23)10-16(19)11-18-21(26)25(22(27)24-18)13-15-8-6-7-14(3)9-15/h6-12H,4-5,13H2,1-3H3,(H,24,27)/b18-11+. The average Bonchev–Trinajstić information content (AvgIpc) is 2.93.